The average molecular weight is 462 g/mol. The smallest absolute Gasteiger partial charge is 0.248 e. The first-order valence-electron chi connectivity index (χ1n) is 11.4. The maximum absolute atomic E-state index is 11.7. The molecular weight excluding hydrogens is 430 g/mol. The zero-order chi connectivity index (χ0) is 24.1. The van der Waals surface area contributed by atoms with Gasteiger partial charge in [-0.05, 0) is 67.7 Å². The number of primary amides is 1. The van der Waals surface area contributed by atoms with Gasteiger partial charge in [0.1, 0.15) is 17.3 Å². The van der Waals surface area contributed by atoms with Crippen molar-refractivity contribution < 1.29 is 13.9 Å². The van der Waals surface area contributed by atoms with Gasteiger partial charge in [-0.15, -0.1) is 0 Å². The van der Waals surface area contributed by atoms with Crippen LogP contribution in [0.4, 0.5) is 11.5 Å². The van der Waals surface area contributed by atoms with Crippen molar-refractivity contribution in [1.29, 1.82) is 0 Å². The van der Waals surface area contributed by atoms with Gasteiger partial charge in [0, 0.05) is 37.0 Å². The summed E-state index contributed by atoms with van der Waals surface area (Å²) in [5.41, 5.74) is 8.86. The number of anilines is 2. The molecule has 8 nitrogen and oxygen atoms in total. The lowest BCUT2D eigenvalue weighted by molar-refractivity contribution is 0.100. The highest BCUT2D eigenvalue weighted by Crippen LogP contribution is 2.39. The summed E-state index contributed by atoms with van der Waals surface area (Å²) in [6, 6.07) is 10.7. The van der Waals surface area contributed by atoms with Gasteiger partial charge in [0.25, 0.3) is 0 Å². The van der Waals surface area contributed by atoms with Gasteiger partial charge >= 0.3 is 0 Å². The van der Waals surface area contributed by atoms with Crippen molar-refractivity contribution in [2.24, 2.45) is 11.7 Å². The number of methoxy groups -OCH3 is 1. The van der Waals surface area contributed by atoms with Crippen LogP contribution in [0.25, 0.3) is 16.9 Å². The molecule has 34 heavy (non-hydrogen) atoms. The van der Waals surface area contributed by atoms with E-state index in [0.29, 0.717) is 39.9 Å². The molecule has 8 heteroatoms. The molecule has 2 aromatic heterocycles. The molecule has 0 bridgehead atoms. The third-order valence-electron chi connectivity index (χ3n) is 6.10. The van der Waals surface area contributed by atoms with Gasteiger partial charge in [0.05, 0.1) is 18.4 Å². The number of ether oxygens (including phenoxy) is 1. The molecule has 0 aliphatic carbocycles. The Bertz CT molecular complexity index is 1180. The average Bonchev–Trinajstić information content (AvgIpc) is 3.31. The van der Waals surface area contributed by atoms with Crippen molar-refractivity contribution in [2.45, 2.75) is 12.8 Å². The molecule has 0 radical (unpaired) electrons. The predicted molar refractivity (Wildman–Crippen MR) is 135 cm³/mol. The minimum Gasteiger partial charge on any atom is -0.496 e. The molecule has 0 saturated carbocycles. The summed E-state index contributed by atoms with van der Waals surface area (Å²) < 4.78 is 11.7. The largest absolute Gasteiger partial charge is 0.496 e. The highest BCUT2D eigenvalue weighted by atomic mass is 16.5. The van der Waals surface area contributed by atoms with E-state index in [-0.39, 0.29) is 0 Å². The minimum atomic E-state index is -0.519. The van der Waals surface area contributed by atoms with Crippen LogP contribution in [0.15, 0.2) is 53.6 Å². The number of furan rings is 1. The molecule has 1 amide bonds. The molecule has 1 atom stereocenters. The van der Waals surface area contributed by atoms with E-state index in [2.05, 4.69) is 27.5 Å². The maximum atomic E-state index is 11.7. The number of benzene rings is 1. The van der Waals surface area contributed by atoms with Crippen LogP contribution < -0.4 is 26.4 Å². The Morgan fingerprint density at radius 3 is 2.85 bits per heavy atom. The number of hydrogen-bond acceptors (Lipinski definition) is 7. The van der Waals surface area contributed by atoms with E-state index in [1.165, 1.54) is 12.8 Å². The number of hydrogen-bond donors (Lipinski definition) is 4. The number of rotatable bonds is 9. The Hall–Kier alpha value is -3.78. The first-order chi connectivity index (χ1) is 16.5. The normalized spacial score (nSPS) is 15.5. The summed E-state index contributed by atoms with van der Waals surface area (Å²) in [6.07, 6.45) is 4.19. The highest BCUT2D eigenvalue weighted by Gasteiger charge is 2.20. The highest BCUT2D eigenvalue weighted by molar-refractivity contribution is 5.95. The molecule has 1 aromatic carbocycles. The summed E-state index contributed by atoms with van der Waals surface area (Å²) >= 11 is 0. The van der Waals surface area contributed by atoms with Gasteiger partial charge in [-0.1, -0.05) is 6.58 Å². The number of nitrogens with two attached hydrogens (primary N) is 1. The summed E-state index contributed by atoms with van der Waals surface area (Å²) in [4.78, 5) is 16.2. The Balaban J connectivity index is 1.60. The maximum Gasteiger partial charge on any atom is 0.248 e. The quantitative estimate of drug-likeness (QED) is 0.381. The van der Waals surface area contributed by atoms with E-state index in [9.17, 15) is 4.79 Å². The molecular formula is C26H31N5O3. The third kappa shape index (κ3) is 5.07. The number of aromatic nitrogens is 1. The van der Waals surface area contributed by atoms with Crippen LogP contribution in [0.2, 0.25) is 0 Å². The van der Waals surface area contributed by atoms with Crippen molar-refractivity contribution in [3.05, 3.63) is 66.1 Å². The second kappa shape index (κ2) is 10.4. The minimum absolute atomic E-state index is 0.372. The number of carbonyl (C=O) groups excluding carboxylic acids is 1. The van der Waals surface area contributed by atoms with E-state index < -0.39 is 5.91 Å². The fourth-order valence-corrected chi connectivity index (χ4v) is 4.18. The summed E-state index contributed by atoms with van der Waals surface area (Å²) in [6.45, 7) is 7.29. The molecule has 1 unspecified atom stereocenters. The van der Waals surface area contributed by atoms with Gasteiger partial charge in [-0.25, -0.2) is 4.98 Å². The molecule has 0 spiro atoms. The van der Waals surface area contributed by atoms with Gasteiger partial charge in [0.2, 0.25) is 5.91 Å². The van der Waals surface area contributed by atoms with E-state index in [4.69, 9.17) is 14.9 Å². The number of amides is 1. The van der Waals surface area contributed by atoms with Gasteiger partial charge in [0.15, 0.2) is 5.76 Å². The van der Waals surface area contributed by atoms with E-state index in [1.807, 2.05) is 25.2 Å². The van der Waals surface area contributed by atoms with Crippen molar-refractivity contribution in [1.82, 2.24) is 10.3 Å². The van der Waals surface area contributed by atoms with Gasteiger partial charge < -0.3 is 30.8 Å². The Labute approximate surface area is 199 Å². The van der Waals surface area contributed by atoms with Crippen LogP contribution in [0.1, 0.15) is 34.5 Å². The first kappa shape index (κ1) is 23.4. The molecule has 4 rings (SSSR count). The number of piperidine rings is 1. The van der Waals surface area contributed by atoms with E-state index >= 15 is 0 Å². The molecule has 3 aromatic rings. The molecule has 5 N–H and O–H groups in total. The summed E-state index contributed by atoms with van der Waals surface area (Å²) in [7, 11) is 3.39. The molecule has 178 valence electrons. The van der Waals surface area contributed by atoms with Crippen LogP contribution in [-0.2, 0) is 0 Å². The Morgan fingerprint density at radius 1 is 1.29 bits per heavy atom. The zero-order valence-corrected chi connectivity index (χ0v) is 19.6. The van der Waals surface area contributed by atoms with Crippen LogP contribution in [0.3, 0.4) is 0 Å². The topological polar surface area (TPSA) is 114 Å². The number of nitrogens with one attached hydrogen (secondary N) is 3. The molecule has 1 saturated heterocycles. The first-order valence-corrected chi connectivity index (χ1v) is 11.4. The lowest BCUT2D eigenvalue weighted by Gasteiger charge is -2.23. The molecule has 1 fully saturated rings. The Morgan fingerprint density at radius 2 is 2.15 bits per heavy atom. The van der Waals surface area contributed by atoms with Gasteiger partial charge in [-0.3, -0.25) is 4.79 Å². The second-order valence-corrected chi connectivity index (χ2v) is 8.38. The lowest BCUT2D eigenvalue weighted by atomic mass is 10.00. The van der Waals surface area contributed by atoms with Crippen molar-refractivity contribution in [3.8, 4) is 17.1 Å². The SMILES string of the molecule is C=C(c1ccnc(NCC2CCCNC2)c1)c1oc(-c2cc(C(N)=O)ccc2OC)cc1NC. The predicted octanol–water partition coefficient (Wildman–Crippen LogP) is 3.96. The number of pyridine rings is 1. The van der Waals surface area contributed by atoms with Crippen LogP contribution in [0, 0.1) is 5.92 Å². The van der Waals surface area contributed by atoms with E-state index in [1.54, 1.807) is 31.5 Å². The summed E-state index contributed by atoms with van der Waals surface area (Å²) in [5, 5.41) is 10.1. The van der Waals surface area contributed by atoms with Crippen molar-refractivity contribution in [2.75, 3.05) is 44.4 Å². The molecule has 3 heterocycles. The zero-order valence-electron chi connectivity index (χ0n) is 19.6. The molecule has 1 aliphatic heterocycles. The number of carbonyl (C=O) groups is 1. The van der Waals surface area contributed by atoms with Crippen LogP contribution in [0.5, 0.6) is 5.75 Å². The van der Waals surface area contributed by atoms with Crippen LogP contribution in [-0.4, -0.2) is 44.7 Å². The van der Waals surface area contributed by atoms with Crippen LogP contribution >= 0.6 is 0 Å². The van der Waals surface area contributed by atoms with Crippen molar-refractivity contribution >= 4 is 23.0 Å². The lowest BCUT2D eigenvalue weighted by Crippen LogP contribution is -2.33. The molecule has 1 aliphatic rings. The third-order valence-corrected chi connectivity index (χ3v) is 6.10. The standard InChI is InChI=1S/C26H31N5O3/c1-16(18-8-10-30-24(12-18)31-15-17-5-4-9-29-14-17)25-21(28-2)13-23(34-25)20-11-19(26(27)32)6-7-22(20)33-3/h6-8,10-13,17,28-29H,1,4-5,9,14-15H2,2-3H3,(H2,27,32)(H,30,31). The second-order valence-electron chi connectivity index (χ2n) is 8.38. The van der Waals surface area contributed by atoms with Crippen molar-refractivity contribution in [3.63, 3.8) is 0 Å². The fourth-order valence-electron chi connectivity index (χ4n) is 4.18. The summed E-state index contributed by atoms with van der Waals surface area (Å²) in [5.74, 6) is 2.59. The number of nitrogens with zero attached hydrogens (tertiary/aromatic N) is 1. The van der Waals surface area contributed by atoms with E-state index in [0.717, 1.165) is 36.7 Å². The Kier molecular flexibility index (Phi) is 7.18. The monoisotopic (exact) mass is 461 g/mol. The van der Waals surface area contributed by atoms with Gasteiger partial charge in [-0.2, -0.15) is 0 Å². The fraction of sp³-hybridized carbons (Fsp3) is 0.308.